The molecule has 0 N–H and O–H groups in total. The Hall–Kier alpha value is -1.81. The van der Waals surface area contributed by atoms with E-state index >= 15 is 0 Å². The maximum Gasteiger partial charge on any atom is 0.0998 e. The molecule has 64 valence electrons. The first-order valence-electron chi connectivity index (χ1n) is 4.01. The zero-order chi connectivity index (χ0) is 9.84. The molecule has 13 heavy (non-hydrogen) atoms. The Labute approximate surface area is 78.6 Å². The highest BCUT2D eigenvalue weighted by molar-refractivity contribution is 5.79. The molecule has 0 saturated carbocycles. The second-order valence-corrected chi connectivity index (χ2v) is 2.92. The van der Waals surface area contributed by atoms with Gasteiger partial charge in [-0.15, -0.1) is 0 Å². The van der Waals surface area contributed by atoms with Crippen LogP contribution >= 0.6 is 0 Å². The fourth-order valence-electron chi connectivity index (χ4n) is 1.07. The van der Waals surface area contributed by atoms with Crippen LogP contribution in [-0.2, 0) is 0 Å². The van der Waals surface area contributed by atoms with Gasteiger partial charge in [0.2, 0.25) is 0 Å². The molecular weight excluding hydrogens is 158 g/mol. The van der Waals surface area contributed by atoms with Crippen molar-refractivity contribution in [3.63, 3.8) is 0 Å². The first-order valence-corrected chi connectivity index (χ1v) is 4.01. The van der Waals surface area contributed by atoms with Crippen LogP contribution in [-0.4, -0.2) is 0 Å². The third-order valence-corrected chi connectivity index (χ3v) is 1.89. The predicted molar refractivity (Wildman–Crippen MR) is 55.0 cm³/mol. The first-order chi connectivity index (χ1) is 6.16. The van der Waals surface area contributed by atoms with Gasteiger partial charge in [-0.25, -0.2) is 0 Å². The molecule has 0 fully saturated rings. The van der Waals surface area contributed by atoms with E-state index in [4.69, 9.17) is 5.26 Å². The van der Waals surface area contributed by atoms with Crippen LogP contribution in [0, 0.1) is 11.3 Å². The molecule has 0 aliphatic heterocycles. The van der Waals surface area contributed by atoms with E-state index in [-0.39, 0.29) is 0 Å². The van der Waals surface area contributed by atoms with Gasteiger partial charge in [0.25, 0.3) is 0 Å². The first kappa shape index (κ1) is 9.28. The van der Waals surface area contributed by atoms with Crippen LogP contribution in [0.4, 0.5) is 0 Å². The summed E-state index contributed by atoms with van der Waals surface area (Å²) in [5.41, 5.74) is 3.24. The van der Waals surface area contributed by atoms with E-state index < -0.39 is 0 Å². The van der Waals surface area contributed by atoms with Crippen molar-refractivity contribution >= 4 is 5.57 Å². The van der Waals surface area contributed by atoms with Crippen molar-refractivity contribution < 1.29 is 0 Å². The molecule has 0 spiro atoms. The molecule has 0 aliphatic carbocycles. The minimum absolute atomic E-state index is 0.649. The molecule has 1 heteroatoms. The minimum Gasteiger partial charge on any atom is -0.192 e. The van der Waals surface area contributed by atoms with Gasteiger partial charge in [0, 0.05) is 0 Å². The third-order valence-electron chi connectivity index (χ3n) is 1.89. The number of hydrogen-bond donors (Lipinski definition) is 0. The molecule has 1 nitrogen and oxygen atoms in total. The second kappa shape index (κ2) is 3.73. The summed E-state index contributed by atoms with van der Waals surface area (Å²) >= 11 is 0. The van der Waals surface area contributed by atoms with Crippen LogP contribution in [0.5, 0.6) is 0 Å². The van der Waals surface area contributed by atoms with Gasteiger partial charge in [0.15, 0.2) is 0 Å². The van der Waals surface area contributed by atoms with E-state index in [1.807, 2.05) is 25.1 Å². The van der Waals surface area contributed by atoms with E-state index in [1.54, 1.807) is 6.07 Å². The van der Waals surface area contributed by atoms with E-state index in [1.165, 1.54) is 0 Å². The number of hydrogen-bond acceptors (Lipinski definition) is 1. The summed E-state index contributed by atoms with van der Waals surface area (Å²) in [6, 6.07) is 9.53. The van der Waals surface area contributed by atoms with Crippen LogP contribution in [0.1, 0.15) is 18.1 Å². The Morgan fingerprint density at radius 1 is 1.31 bits per heavy atom. The number of allylic oxidation sites excluding steroid dienone is 2. The highest BCUT2D eigenvalue weighted by atomic mass is 14.2. The monoisotopic (exact) mass is 169 g/mol. The molecule has 0 atom stereocenters. The van der Waals surface area contributed by atoms with Crippen molar-refractivity contribution in [2.45, 2.75) is 6.92 Å². The fraction of sp³-hybridized carbons (Fsp3) is 0.0833. The van der Waals surface area contributed by atoms with Crippen LogP contribution in [0.25, 0.3) is 5.57 Å². The lowest BCUT2D eigenvalue weighted by Gasteiger charge is -2.06. The summed E-state index contributed by atoms with van der Waals surface area (Å²) in [7, 11) is 0. The molecule has 0 aliphatic rings. The maximum atomic E-state index is 8.83. The number of benzene rings is 1. The molecule has 0 heterocycles. The summed E-state index contributed by atoms with van der Waals surface area (Å²) in [6.45, 7) is 9.57. The van der Waals surface area contributed by atoms with Crippen molar-refractivity contribution in [3.05, 3.63) is 54.1 Å². The summed E-state index contributed by atoms with van der Waals surface area (Å²) in [5, 5.41) is 8.83. The zero-order valence-electron chi connectivity index (χ0n) is 7.67. The smallest absolute Gasteiger partial charge is 0.0998 e. The molecule has 1 rings (SSSR count). The van der Waals surface area contributed by atoms with Crippen molar-refractivity contribution in [1.29, 1.82) is 5.26 Å². The van der Waals surface area contributed by atoms with Crippen LogP contribution in [0.15, 0.2) is 43.0 Å². The summed E-state index contributed by atoms with van der Waals surface area (Å²) in [6.07, 6.45) is 0. The van der Waals surface area contributed by atoms with Gasteiger partial charge >= 0.3 is 0 Å². The van der Waals surface area contributed by atoms with Gasteiger partial charge in [-0.3, -0.25) is 0 Å². The molecule has 1 aromatic carbocycles. The average Bonchev–Trinajstić information content (AvgIpc) is 2.16. The van der Waals surface area contributed by atoms with E-state index in [9.17, 15) is 0 Å². The molecule has 0 saturated heterocycles. The molecule has 0 bridgehead atoms. The number of nitrogens with zero attached hydrogens (tertiary/aromatic N) is 1. The molecule has 0 aromatic heterocycles. The Kier molecular flexibility index (Phi) is 2.66. The van der Waals surface area contributed by atoms with Gasteiger partial charge < -0.3 is 0 Å². The lowest BCUT2D eigenvalue weighted by molar-refractivity contribution is 1.44. The number of nitriles is 1. The Morgan fingerprint density at radius 2 is 1.92 bits per heavy atom. The Bertz CT molecular complexity index is 394. The van der Waals surface area contributed by atoms with Crippen molar-refractivity contribution in [2.24, 2.45) is 0 Å². The average molecular weight is 169 g/mol. The van der Waals surface area contributed by atoms with Gasteiger partial charge in [-0.2, -0.15) is 5.26 Å². The number of rotatable bonds is 2. The lowest BCUT2D eigenvalue weighted by Crippen LogP contribution is -1.88. The molecule has 0 unspecified atom stereocenters. The van der Waals surface area contributed by atoms with Crippen molar-refractivity contribution in [3.8, 4) is 6.07 Å². The standard InChI is InChI=1S/C12H11N/c1-9(2)10(3)12-7-5-4-6-11(12)8-13/h4-7H,1,3H2,2H3. The van der Waals surface area contributed by atoms with E-state index in [2.05, 4.69) is 19.2 Å². The van der Waals surface area contributed by atoms with Crippen molar-refractivity contribution in [1.82, 2.24) is 0 Å². The van der Waals surface area contributed by atoms with Crippen LogP contribution in [0.3, 0.4) is 0 Å². The third kappa shape index (κ3) is 1.86. The minimum atomic E-state index is 0.649. The molecule has 1 aromatic rings. The van der Waals surface area contributed by atoms with Gasteiger partial charge in [-0.1, -0.05) is 36.9 Å². The highest BCUT2D eigenvalue weighted by Gasteiger charge is 2.04. The lowest BCUT2D eigenvalue weighted by atomic mass is 9.97. The van der Waals surface area contributed by atoms with E-state index in [0.29, 0.717) is 5.56 Å². The highest BCUT2D eigenvalue weighted by Crippen LogP contribution is 2.22. The Morgan fingerprint density at radius 3 is 2.46 bits per heavy atom. The normalized spacial score (nSPS) is 8.92. The largest absolute Gasteiger partial charge is 0.192 e. The maximum absolute atomic E-state index is 8.83. The SMILES string of the molecule is C=C(C)C(=C)c1ccccc1C#N. The summed E-state index contributed by atoms with van der Waals surface area (Å²) in [5.74, 6) is 0. The summed E-state index contributed by atoms with van der Waals surface area (Å²) in [4.78, 5) is 0. The van der Waals surface area contributed by atoms with Gasteiger partial charge in [-0.05, 0) is 24.1 Å². The quantitative estimate of drug-likeness (QED) is 0.624. The second-order valence-electron chi connectivity index (χ2n) is 2.92. The van der Waals surface area contributed by atoms with Crippen molar-refractivity contribution in [2.75, 3.05) is 0 Å². The van der Waals surface area contributed by atoms with Crippen LogP contribution in [0.2, 0.25) is 0 Å². The van der Waals surface area contributed by atoms with E-state index in [0.717, 1.165) is 16.7 Å². The summed E-state index contributed by atoms with van der Waals surface area (Å²) < 4.78 is 0. The Balaban J connectivity index is 3.23. The molecular formula is C12H11N. The zero-order valence-corrected chi connectivity index (χ0v) is 7.67. The fourth-order valence-corrected chi connectivity index (χ4v) is 1.07. The van der Waals surface area contributed by atoms with Gasteiger partial charge in [0.05, 0.1) is 11.6 Å². The molecule has 0 amide bonds. The topological polar surface area (TPSA) is 23.8 Å². The predicted octanol–water partition coefficient (Wildman–Crippen LogP) is 3.15. The molecule has 0 radical (unpaired) electrons. The van der Waals surface area contributed by atoms with Crippen LogP contribution < -0.4 is 0 Å². The van der Waals surface area contributed by atoms with Gasteiger partial charge in [0.1, 0.15) is 0 Å².